The molecule has 0 aliphatic rings. The Morgan fingerprint density at radius 3 is 2.70 bits per heavy atom. The van der Waals surface area contributed by atoms with E-state index in [2.05, 4.69) is 20.9 Å². The van der Waals surface area contributed by atoms with Gasteiger partial charge < -0.3 is 4.57 Å². The predicted octanol–water partition coefficient (Wildman–Crippen LogP) is 5.22. The molecule has 0 bridgehead atoms. The van der Waals surface area contributed by atoms with E-state index < -0.39 is 0 Å². The molecule has 2 nitrogen and oxygen atoms in total. The van der Waals surface area contributed by atoms with Crippen LogP contribution in [0.25, 0.3) is 0 Å². The Bertz CT molecular complexity index is 828. The minimum Gasteiger partial charge on any atom is -0.330 e. The minimum absolute atomic E-state index is 0.293. The van der Waals surface area contributed by atoms with E-state index in [4.69, 9.17) is 11.6 Å². The predicted molar refractivity (Wildman–Crippen MR) is 89.6 cm³/mol. The number of hydrogen-bond donors (Lipinski definition) is 0. The van der Waals surface area contributed by atoms with Crippen molar-refractivity contribution in [1.82, 2.24) is 9.55 Å². The number of hydrogen-bond acceptors (Lipinski definition) is 1. The van der Waals surface area contributed by atoms with Crippen molar-refractivity contribution in [2.75, 3.05) is 0 Å². The van der Waals surface area contributed by atoms with Crippen LogP contribution in [0.15, 0.2) is 53.3 Å². The van der Waals surface area contributed by atoms with Crippen LogP contribution in [0.5, 0.6) is 0 Å². The van der Waals surface area contributed by atoms with E-state index >= 15 is 0 Å². The van der Waals surface area contributed by atoms with Gasteiger partial charge in [-0.2, -0.15) is 0 Å². The summed E-state index contributed by atoms with van der Waals surface area (Å²) in [5, 5.41) is 0.379. The molecule has 0 aliphatic heterocycles. The van der Waals surface area contributed by atoms with Crippen molar-refractivity contribution >= 4 is 27.5 Å². The topological polar surface area (TPSA) is 17.8 Å². The minimum atomic E-state index is -0.350. The summed E-state index contributed by atoms with van der Waals surface area (Å²) in [6, 6.07) is 9.44. The van der Waals surface area contributed by atoms with Gasteiger partial charge in [0.1, 0.15) is 17.5 Å². The zero-order valence-electron chi connectivity index (χ0n) is 11.9. The average molecular weight is 398 g/mol. The van der Waals surface area contributed by atoms with E-state index in [1.54, 1.807) is 36.7 Å². The Morgan fingerprint density at radius 2 is 1.96 bits per heavy atom. The Kier molecular flexibility index (Phi) is 4.78. The molecule has 1 aromatic heterocycles. The van der Waals surface area contributed by atoms with Crippen molar-refractivity contribution in [2.24, 2.45) is 0 Å². The molecule has 2 aromatic carbocycles. The van der Waals surface area contributed by atoms with Gasteiger partial charge in [0, 0.05) is 35.9 Å². The molecule has 0 fully saturated rings. The van der Waals surface area contributed by atoms with E-state index in [0.29, 0.717) is 33.8 Å². The largest absolute Gasteiger partial charge is 0.330 e. The lowest BCUT2D eigenvalue weighted by molar-refractivity contribution is 0.608. The Balaban J connectivity index is 1.86. The summed E-state index contributed by atoms with van der Waals surface area (Å²) >= 11 is 9.25. The SMILES string of the molecule is Fc1ccc(Cn2ccnc2Cc2c(F)cccc2Cl)cc1Br. The standard InChI is InChI=1S/C17H12BrClF2N2/c18-13-8-11(4-5-16(13)21)10-23-7-6-22-17(23)9-12-14(19)2-1-3-15(12)20/h1-8H,9-10H2. The van der Waals surface area contributed by atoms with E-state index in [1.165, 1.54) is 12.1 Å². The number of imidazole rings is 1. The van der Waals surface area contributed by atoms with E-state index in [1.807, 2.05) is 4.57 Å². The third-order valence-corrected chi connectivity index (χ3v) is 4.50. The second-order valence-corrected chi connectivity index (χ2v) is 6.36. The van der Waals surface area contributed by atoms with Crippen molar-refractivity contribution < 1.29 is 8.78 Å². The first-order valence-corrected chi connectivity index (χ1v) is 8.08. The van der Waals surface area contributed by atoms with Crippen molar-refractivity contribution in [2.45, 2.75) is 13.0 Å². The maximum atomic E-state index is 13.9. The first-order valence-electron chi connectivity index (χ1n) is 6.91. The fraction of sp³-hybridized carbons (Fsp3) is 0.118. The summed E-state index contributed by atoms with van der Waals surface area (Å²) in [6.07, 6.45) is 3.75. The number of rotatable bonds is 4. The monoisotopic (exact) mass is 396 g/mol. The van der Waals surface area contributed by atoms with Crippen LogP contribution in [-0.2, 0) is 13.0 Å². The smallest absolute Gasteiger partial charge is 0.137 e. The summed E-state index contributed by atoms with van der Waals surface area (Å²) in [6.45, 7) is 0.514. The lowest BCUT2D eigenvalue weighted by Gasteiger charge is -2.10. The Morgan fingerprint density at radius 1 is 1.13 bits per heavy atom. The van der Waals surface area contributed by atoms with Crippen molar-refractivity contribution in [3.8, 4) is 0 Å². The first-order chi connectivity index (χ1) is 11.0. The molecule has 0 saturated heterocycles. The molecule has 0 amide bonds. The van der Waals surface area contributed by atoms with Gasteiger partial charge in [0.2, 0.25) is 0 Å². The molecule has 23 heavy (non-hydrogen) atoms. The van der Waals surface area contributed by atoms with Gasteiger partial charge in [0.15, 0.2) is 0 Å². The van der Waals surface area contributed by atoms with Crippen LogP contribution in [0.3, 0.4) is 0 Å². The maximum Gasteiger partial charge on any atom is 0.137 e. The van der Waals surface area contributed by atoms with E-state index in [9.17, 15) is 8.78 Å². The molecule has 3 aromatic rings. The van der Waals surface area contributed by atoms with Crippen molar-refractivity contribution in [3.05, 3.63) is 86.9 Å². The van der Waals surface area contributed by atoms with Gasteiger partial charge in [-0.3, -0.25) is 0 Å². The van der Waals surface area contributed by atoms with Gasteiger partial charge in [-0.05, 0) is 45.8 Å². The highest BCUT2D eigenvalue weighted by atomic mass is 79.9. The highest BCUT2D eigenvalue weighted by Crippen LogP contribution is 2.23. The second kappa shape index (κ2) is 6.81. The van der Waals surface area contributed by atoms with Gasteiger partial charge in [-0.15, -0.1) is 0 Å². The van der Waals surface area contributed by atoms with Crippen LogP contribution >= 0.6 is 27.5 Å². The summed E-state index contributed by atoms with van der Waals surface area (Å²) in [7, 11) is 0. The number of aromatic nitrogens is 2. The Hall–Kier alpha value is -1.72. The van der Waals surface area contributed by atoms with Crippen molar-refractivity contribution in [3.63, 3.8) is 0 Å². The third kappa shape index (κ3) is 3.62. The molecule has 0 saturated carbocycles. The van der Waals surface area contributed by atoms with Crippen molar-refractivity contribution in [1.29, 1.82) is 0 Å². The van der Waals surface area contributed by atoms with Crippen LogP contribution in [-0.4, -0.2) is 9.55 Å². The normalized spacial score (nSPS) is 11.0. The highest BCUT2D eigenvalue weighted by Gasteiger charge is 2.12. The highest BCUT2D eigenvalue weighted by molar-refractivity contribution is 9.10. The van der Waals surface area contributed by atoms with Gasteiger partial charge in [0.25, 0.3) is 0 Å². The third-order valence-electron chi connectivity index (χ3n) is 3.54. The van der Waals surface area contributed by atoms with Crippen LogP contribution in [0.2, 0.25) is 5.02 Å². The Labute approximate surface area is 145 Å². The molecule has 0 spiro atoms. The number of halogens is 4. The van der Waals surface area contributed by atoms with Gasteiger partial charge in [-0.25, -0.2) is 13.8 Å². The molecule has 0 radical (unpaired) electrons. The maximum absolute atomic E-state index is 13.9. The van der Waals surface area contributed by atoms with Gasteiger partial charge >= 0.3 is 0 Å². The van der Waals surface area contributed by atoms with Gasteiger partial charge in [0.05, 0.1) is 4.47 Å². The van der Waals surface area contributed by atoms with Crippen LogP contribution in [0, 0.1) is 11.6 Å². The van der Waals surface area contributed by atoms with Gasteiger partial charge in [-0.1, -0.05) is 23.7 Å². The average Bonchev–Trinajstić information content (AvgIpc) is 2.94. The molecule has 6 heteroatoms. The summed E-state index contributed by atoms with van der Waals surface area (Å²) < 4.78 is 29.5. The molecule has 3 rings (SSSR count). The van der Waals surface area contributed by atoms with E-state index in [-0.39, 0.29) is 11.6 Å². The first kappa shape index (κ1) is 16.1. The summed E-state index contributed by atoms with van der Waals surface area (Å²) in [5.74, 6) is 0.0340. The van der Waals surface area contributed by atoms with E-state index in [0.717, 1.165) is 5.56 Å². The fourth-order valence-electron chi connectivity index (χ4n) is 2.35. The quantitative estimate of drug-likeness (QED) is 0.590. The van der Waals surface area contributed by atoms with Crippen LogP contribution in [0.4, 0.5) is 8.78 Å². The second-order valence-electron chi connectivity index (χ2n) is 5.10. The molecule has 0 atom stereocenters. The molecule has 0 N–H and O–H groups in total. The molecule has 0 aliphatic carbocycles. The van der Waals surface area contributed by atoms with Crippen LogP contribution < -0.4 is 0 Å². The zero-order valence-corrected chi connectivity index (χ0v) is 14.3. The summed E-state index contributed by atoms with van der Waals surface area (Å²) in [4.78, 5) is 4.28. The lowest BCUT2D eigenvalue weighted by atomic mass is 10.1. The fourth-order valence-corrected chi connectivity index (χ4v) is 3.00. The molecular weight excluding hydrogens is 386 g/mol. The molecular formula is C17H12BrClF2N2. The molecule has 0 unspecified atom stereocenters. The number of nitrogens with zero attached hydrogens (tertiary/aromatic N) is 2. The summed E-state index contributed by atoms with van der Waals surface area (Å²) in [5.41, 5.74) is 1.33. The zero-order chi connectivity index (χ0) is 16.4. The molecule has 1 heterocycles. The lowest BCUT2D eigenvalue weighted by Crippen LogP contribution is -2.06. The number of benzene rings is 2. The molecule has 118 valence electrons. The van der Waals surface area contributed by atoms with Crippen LogP contribution in [0.1, 0.15) is 17.0 Å².